The fourth-order valence-electron chi connectivity index (χ4n) is 1.58. The van der Waals surface area contributed by atoms with Gasteiger partial charge < -0.3 is 0 Å². The SMILES string of the molecule is CCCCCCCC(=O)N/N=C\c1cccnc1. The van der Waals surface area contributed by atoms with E-state index in [1.54, 1.807) is 18.6 Å². The van der Waals surface area contributed by atoms with Crippen molar-refractivity contribution in [3.8, 4) is 0 Å². The Labute approximate surface area is 109 Å². The summed E-state index contributed by atoms with van der Waals surface area (Å²) in [5.74, 6) is -0.0216. The summed E-state index contributed by atoms with van der Waals surface area (Å²) in [6, 6.07) is 3.71. The highest BCUT2D eigenvalue weighted by Crippen LogP contribution is 2.04. The molecule has 0 unspecified atom stereocenters. The summed E-state index contributed by atoms with van der Waals surface area (Å²) >= 11 is 0. The minimum absolute atomic E-state index is 0.0216. The van der Waals surface area contributed by atoms with Crippen LogP contribution < -0.4 is 5.43 Å². The Balaban J connectivity index is 2.11. The van der Waals surface area contributed by atoms with E-state index >= 15 is 0 Å². The van der Waals surface area contributed by atoms with E-state index in [2.05, 4.69) is 22.4 Å². The van der Waals surface area contributed by atoms with Gasteiger partial charge in [0.1, 0.15) is 0 Å². The number of aromatic nitrogens is 1. The molecule has 18 heavy (non-hydrogen) atoms. The highest BCUT2D eigenvalue weighted by Gasteiger charge is 1.98. The zero-order chi connectivity index (χ0) is 13.1. The lowest BCUT2D eigenvalue weighted by Gasteiger charge is -2.00. The smallest absolute Gasteiger partial charge is 0.240 e. The second-order valence-corrected chi connectivity index (χ2v) is 4.24. The van der Waals surface area contributed by atoms with Crippen LogP contribution in [0.5, 0.6) is 0 Å². The molecule has 0 aliphatic rings. The summed E-state index contributed by atoms with van der Waals surface area (Å²) in [7, 11) is 0. The van der Waals surface area contributed by atoms with Crippen LogP contribution in [-0.4, -0.2) is 17.1 Å². The molecule has 0 atom stereocenters. The molecule has 0 fully saturated rings. The third-order valence-corrected chi connectivity index (χ3v) is 2.59. The molecule has 4 heteroatoms. The van der Waals surface area contributed by atoms with Crippen LogP contribution in [0.1, 0.15) is 51.0 Å². The van der Waals surface area contributed by atoms with E-state index in [-0.39, 0.29) is 5.91 Å². The number of unbranched alkanes of at least 4 members (excludes halogenated alkanes) is 4. The van der Waals surface area contributed by atoms with Crippen LogP contribution in [0, 0.1) is 0 Å². The van der Waals surface area contributed by atoms with E-state index in [0.717, 1.165) is 18.4 Å². The molecule has 1 aromatic rings. The van der Waals surface area contributed by atoms with E-state index in [1.807, 2.05) is 12.1 Å². The zero-order valence-corrected chi connectivity index (χ0v) is 10.9. The van der Waals surface area contributed by atoms with Crippen LogP contribution in [0.15, 0.2) is 29.6 Å². The molecule has 0 aliphatic heterocycles. The zero-order valence-electron chi connectivity index (χ0n) is 10.9. The highest BCUT2D eigenvalue weighted by atomic mass is 16.2. The molecule has 1 N–H and O–H groups in total. The first kappa shape index (κ1) is 14.4. The van der Waals surface area contributed by atoms with Crippen LogP contribution in [-0.2, 0) is 4.79 Å². The molecule has 0 bridgehead atoms. The molecule has 1 amide bonds. The molecule has 1 aromatic heterocycles. The number of carbonyl (C=O) groups excluding carboxylic acids is 1. The standard InChI is InChI=1S/C14H21N3O/c1-2-3-4-5-6-9-14(18)17-16-12-13-8-7-10-15-11-13/h7-8,10-12H,2-6,9H2,1H3,(H,17,18)/b16-12-. The number of amides is 1. The van der Waals surface area contributed by atoms with Crippen LogP contribution >= 0.6 is 0 Å². The first-order valence-corrected chi connectivity index (χ1v) is 6.55. The van der Waals surface area contributed by atoms with Crippen LogP contribution in [0.3, 0.4) is 0 Å². The van der Waals surface area contributed by atoms with Gasteiger partial charge in [-0.25, -0.2) is 5.43 Å². The van der Waals surface area contributed by atoms with Gasteiger partial charge in [0.15, 0.2) is 0 Å². The Hall–Kier alpha value is -1.71. The third kappa shape index (κ3) is 6.78. The molecule has 0 saturated carbocycles. The normalized spacial score (nSPS) is 10.7. The van der Waals surface area contributed by atoms with Crippen molar-refractivity contribution in [2.24, 2.45) is 5.10 Å². The summed E-state index contributed by atoms with van der Waals surface area (Å²) in [6.45, 7) is 2.18. The predicted molar refractivity (Wildman–Crippen MR) is 73.3 cm³/mol. The van der Waals surface area contributed by atoms with Crippen molar-refractivity contribution in [3.05, 3.63) is 30.1 Å². The predicted octanol–water partition coefficient (Wildman–Crippen LogP) is 2.89. The maximum atomic E-state index is 11.4. The lowest BCUT2D eigenvalue weighted by atomic mass is 10.1. The maximum absolute atomic E-state index is 11.4. The molecule has 0 aromatic carbocycles. The van der Waals surface area contributed by atoms with Crippen LogP contribution in [0.4, 0.5) is 0 Å². The molecular weight excluding hydrogens is 226 g/mol. The topological polar surface area (TPSA) is 54.4 Å². The summed E-state index contributed by atoms with van der Waals surface area (Å²) in [6.07, 6.45) is 11.3. The largest absolute Gasteiger partial charge is 0.273 e. The number of nitrogens with one attached hydrogen (secondary N) is 1. The Morgan fingerprint density at radius 1 is 1.39 bits per heavy atom. The molecule has 0 radical (unpaired) electrons. The quantitative estimate of drug-likeness (QED) is 0.436. The van der Waals surface area contributed by atoms with Crippen molar-refractivity contribution in [1.82, 2.24) is 10.4 Å². The lowest BCUT2D eigenvalue weighted by Crippen LogP contribution is -2.16. The first-order valence-electron chi connectivity index (χ1n) is 6.55. The van der Waals surface area contributed by atoms with Gasteiger partial charge in [0, 0.05) is 24.4 Å². The number of carbonyl (C=O) groups is 1. The van der Waals surface area contributed by atoms with E-state index < -0.39 is 0 Å². The fourth-order valence-corrected chi connectivity index (χ4v) is 1.58. The fraction of sp³-hybridized carbons (Fsp3) is 0.500. The molecule has 0 spiro atoms. The number of nitrogens with zero attached hydrogens (tertiary/aromatic N) is 2. The number of pyridine rings is 1. The molecule has 98 valence electrons. The first-order chi connectivity index (χ1) is 8.83. The molecule has 1 heterocycles. The third-order valence-electron chi connectivity index (χ3n) is 2.59. The Morgan fingerprint density at radius 3 is 2.94 bits per heavy atom. The van der Waals surface area contributed by atoms with Gasteiger partial charge in [-0.1, -0.05) is 38.7 Å². The monoisotopic (exact) mass is 247 g/mol. The summed E-state index contributed by atoms with van der Waals surface area (Å²) in [5.41, 5.74) is 3.40. The number of hydrogen-bond donors (Lipinski definition) is 1. The Kier molecular flexibility index (Phi) is 7.44. The van der Waals surface area contributed by atoms with Gasteiger partial charge in [-0.05, 0) is 12.5 Å². The molecule has 0 aliphatic carbocycles. The van der Waals surface area contributed by atoms with Gasteiger partial charge in [0.05, 0.1) is 6.21 Å². The summed E-state index contributed by atoms with van der Waals surface area (Å²) in [5, 5.41) is 3.89. The molecule has 4 nitrogen and oxygen atoms in total. The van der Waals surface area contributed by atoms with Crippen LogP contribution in [0.25, 0.3) is 0 Å². The van der Waals surface area contributed by atoms with Gasteiger partial charge in [-0.3, -0.25) is 9.78 Å². The van der Waals surface area contributed by atoms with Crippen molar-refractivity contribution in [2.75, 3.05) is 0 Å². The van der Waals surface area contributed by atoms with E-state index in [1.165, 1.54) is 19.3 Å². The highest BCUT2D eigenvalue weighted by molar-refractivity contribution is 5.81. The van der Waals surface area contributed by atoms with E-state index in [9.17, 15) is 4.79 Å². The molecular formula is C14H21N3O. The minimum atomic E-state index is -0.0216. The minimum Gasteiger partial charge on any atom is -0.273 e. The van der Waals surface area contributed by atoms with Gasteiger partial charge in [-0.2, -0.15) is 5.10 Å². The van der Waals surface area contributed by atoms with Gasteiger partial charge in [-0.15, -0.1) is 0 Å². The maximum Gasteiger partial charge on any atom is 0.240 e. The average molecular weight is 247 g/mol. The van der Waals surface area contributed by atoms with Crippen molar-refractivity contribution in [1.29, 1.82) is 0 Å². The van der Waals surface area contributed by atoms with Crippen molar-refractivity contribution >= 4 is 12.1 Å². The lowest BCUT2D eigenvalue weighted by molar-refractivity contribution is -0.121. The van der Waals surface area contributed by atoms with Crippen molar-refractivity contribution in [3.63, 3.8) is 0 Å². The van der Waals surface area contributed by atoms with Gasteiger partial charge >= 0.3 is 0 Å². The number of hydrazone groups is 1. The van der Waals surface area contributed by atoms with Crippen LogP contribution in [0.2, 0.25) is 0 Å². The summed E-state index contributed by atoms with van der Waals surface area (Å²) in [4.78, 5) is 15.4. The van der Waals surface area contributed by atoms with Crippen molar-refractivity contribution < 1.29 is 4.79 Å². The second kappa shape index (κ2) is 9.33. The van der Waals surface area contributed by atoms with Gasteiger partial charge in [0.25, 0.3) is 0 Å². The molecule has 0 saturated heterocycles. The molecule has 1 rings (SSSR count). The van der Waals surface area contributed by atoms with E-state index in [0.29, 0.717) is 6.42 Å². The summed E-state index contributed by atoms with van der Waals surface area (Å²) < 4.78 is 0. The number of hydrogen-bond acceptors (Lipinski definition) is 3. The van der Waals surface area contributed by atoms with Gasteiger partial charge in [0.2, 0.25) is 5.91 Å². The van der Waals surface area contributed by atoms with E-state index in [4.69, 9.17) is 0 Å². The number of rotatable bonds is 8. The Bertz CT molecular complexity index is 363. The second-order valence-electron chi connectivity index (χ2n) is 4.24. The van der Waals surface area contributed by atoms with Crippen molar-refractivity contribution in [2.45, 2.75) is 45.4 Å². The Morgan fingerprint density at radius 2 is 2.22 bits per heavy atom. The average Bonchev–Trinajstić information content (AvgIpc) is 2.40.